The zero-order chi connectivity index (χ0) is 50.0. The lowest BCUT2D eigenvalue weighted by atomic mass is 10.1. The van der Waals surface area contributed by atoms with Gasteiger partial charge in [0.1, 0.15) is 35.3 Å². The van der Waals surface area contributed by atoms with Gasteiger partial charge in [-0.3, -0.25) is 0 Å². The second-order valence-electron chi connectivity index (χ2n) is 17.7. The first-order valence-corrected chi connectivity index (χ1v) is 25.4. The summed E-state index contributed by atoms with van der Waals surface area (Å²) in [5.41, 5.74) is 3.31. The van der Waals surface area contributed by atoms with Gasteiger partial charge in [0, 0.05) is 47.6 Å². The molecule has 0 saturated carbocycles. The van der Waals surface area contributed by atoms with Crippen LogP contribution in [0.25, 0.3) is 0 Å². The van der Waals surface area contributed by atoms with Crippen molar-refractivity contribution in [1.29, 1.82) is 0 Å². The minimum absolute atomic E-state index is 0.269. The molecule has 2 unspecified atom stereocenters. The van der Waals surface area contributed by atoms with Crippen molar-refractivity contribution in [1.82, 2.24) is 0 Å². The van der Waals surface area contributed by atoms with Gasteiger partial charge in [0.05, 0.1) is 25.4 Å². The molecular formula is C60H74F2O8. The second kappa shape index (κ2) is 34.4. The molecule has 0 spiro atoms. The first-order chi connectivity index (χ1) is 34.0. The molecule has 4 rings (SSSR count). The number of ether oxygens (including phenoxy) is 6. The van der Waals surface area contributed by atoms with Crippen LogP contribution >= 0.6 is 0 Å². The molecule has 0 saturated heterocycles. The van der Waals surface area contributed by atoms with E-state index in [1.165, 1.54) is 62.8 Å². The fourth-order valence-electron chi connectivity index (χ4n) is 7.12. The first kappa shape index (κ1) is 56.6. The monoisotopic (exact) mass is 961 g/mol. The Hall–Kier alpha value is -5.94. The number of unbranched alkanes of at least 4 members (excludes halogenated alkanes) is 14. The molecule has 0 radical (unpaired) electrons. The third kappa shape index (κ3) is 25.6. The number of rotatable bonds is 32. The van der Waals surface area contributed by atoms with Gasteiger partial charge in [-0.05, 0) is 150 Å². The van der Waals surface area contributed by atoms with Crippen LogP contribution in [0.3, 0.4) is 0 Å². The van der Waals surface area contributed by atoms with Gasteiger partial charge in [0.15, 0.2) is 0 Å². The van der Waals surface area contributed by atoms with Crippen molar-refractivity contribution in [2.45, 2.75) is 155 Å². The highest BCUT2D eigenvalue weighted by Gasteiger charge is 2.18. The lowest BCUT2D eigenvalue weighted by Gasteiger charge is -2.21. The Balaban J connectivity index is 0.893. The second-order valence-corrected chi connectivity index (χ2v) is 17.7. The van der Waals surface area contributed by atoms with Crippen LogP contribution in [0.4, 0.5) is 8.78 Å². The summed E-state index contributed by atoms with van der Waals surface area (Å²) in [4.78, 5) is 24.8. The van der Waals surface area contributed by atoms with E-state index in [1.54, 1.807) is 38.1 Å². The third-order valence-corrected chi connectivity index (χ3v) is 11.8. The summed E-state index contributed by atoms with van der Waals surface area (Å²) in [6, 6.07) is 27.7. The maximum Gasteiger partial charge on any atom is 0.331 e. The highest BCUT2D eigenvalue weighted by atomic mass is 19.1. The van der Waals surface area contributed by atoms with Crippen molar-refractivity contribution in [2.75, 3.05) is 26.4 Å². The molecule has 4 aromatic carbocycles. The smallest absolute Gasteiger partial charge is 0.331 e. The molecule has 4 atom stereocenters. The summed E-state index contributed by atoms with van der Waals surface area (Å²) >= 11 is 0. The molecule has 0 aliphatic heterocycles. The number of hydrogen-bond acceptors (Lipinski definition) is 8. The zero-order valence-corrected chi connectivity index (χ0v) is 41.9. The Morgan fingerprint density at radius 2 is 0.643 bits per heavy atom. The van der Waals surface area contributed by atoms with Gasteiger partial charge in [0.25, 0.3) is 0 Å². The molecular weight excluding hydrogens is 887 g/mol. The Labute approximate surface area is 416 Å². The maximum atomic E-state index is 13.1. The normalized spacial score (nSPS) is 12.7. The predicted octanol–water partition coefficient (Wildman–Crippen LogP) is 13.7. The summed E-state index contributed by atoms with van der Waals surface area (Å²) < 4.78 is 60.7. The summed E-state index contributed by atoms with van der Waals surface area (Å²) in [6.45, 7) is 9.89. The minimum Gasteiger partial charge on any atom is -0.494 e. The fraction of sp³-hybridized carbons (Fsp3) is 0.467. The first-order valence-electron chi connectivity index (χ1n) is 25.4. The number of benzene rings is 4. The molecule has 0 fully saturated rings. The van der Waals surface area contributed by atoms with Crippen LogP contribution < -0.4 is 9.47 Å². The molecule has 10 heteroatoms. The maximum absolute atomic E-state index is 13.1. The molecule has 0 amide bonds. The van der Waals surface area contributed by atoms with Crippen LogP contribution in [0.5, 0.6) is 11.5 Å². The van der Waals surface area contributed by atoms with Crippen molar-refractivity contribution in [3.05, 3.63) is 143 Å². The van der Waals surface area contributed by atoms with Crippen LogP contribution in [0, 0.1) is 35.3 Å². The van der Waals surface area contributed by atoms with Crippen molar-refractivity contribution in [3.63, 3.8) is 0 Å². The molecule has 8 nitrogen and oxygen atoms in total. The lowest BCUT2D eigenvalue weighted by molar-refractivity contribution is -0.152. The number of esters is 2. The van der Waals surface area contributed by atoms with Crippen LogP contribution in [0.1, 0.15) is 153 Å². The molecule has 0 aromatic heterocycles. The number of carbonyl (C=O) groups is 2. The van der Waals surface area contributed by atoms with Crippen LogP contribution in [-0.4, -0.2) is 62.8 Å². The van der Waals surface area contributed by atoms with Gasteiger partial charge in [-0.1, -0.05) is 101 Å². The number of hydrogen-bond donors (Lipinski definition) is 0. The zero-order valence-electron chi connectivity index (χ0n) is 41.9. The van der Waals surface area contributed by atoms with E-state index < -0.39 is 24.1 Å². The van der Waals surface area contributed by atoms with Crippen molar-refractivity contribution >= 4 is 11.9 Å². The summed E-state index contributed by atoms with van der Waals surface area (Å²) in [7, 11) is 0. The average molecular weight is 961 g/mol. The van der Waals surface area contributed by atoms with Crippen molar-refractivity contribution in [3.8, 4) is 35.2 Å². The minimum atomic E-state index is -0.621. The topological polar surface area (TPSA) is 89.5 Å². The highest BCUT2D eigenvalue weighted by molar-refractivity contribution is 5.91. The Morgan fingerprint density at radius 3 is 0.943 bits per heavy atom. The van der Waals surface area contributed by atoms with Gasteiger partial charge in [-0.2, -0.15) is 0 Å². The molecule has 0 heterocycles. The molecule has 4 aromatic rings. The van der Waals surface area contributed by atoms with Crippen LogP contribution in [0.15, 0.2) is 109 Å². The SMILES string of the molecule is CC(OCCCCCCCCCCOc1ccc(C#Cc2ccc(F)cc2)cc1)[C@H](C)OC(=O)/C=C/C(=O)O[C@@H](C)C(C)OCCCCCCCCCCOc1ccc(C#Cc2ccc(F)cc2)cc1. The van der Waals surface area contributed by atoms with E-state index in [4.69, 9.17) is 28.4 Å². The van der Waals surface area contributed by atoms with E-state index in [9.17, 15) is 18.4 Å². The molecule has 0 aliphatic carbocycles. The largest absolute Gasteiger partial charge is 0.494 e. The Bertz CT molecular complexity index is 2060. The quantitative estimate of drug-likeness (QED) is 0.0207. The van der Waals surface area contributed by atoms with E-state index in [1.807, 2.05) is 62.4 Å². The van der Waals surface area contributed by atoms with Gasteiger partial charge < -0.3 is 28.4 Å². The number of halogens is 2. The average Bonchev–Trinajstić information content (AvgIpc) is 3.36. The molecule has 0 N–H and O–H groups in total. The van der Waals surface area contributed by atoms with Gasteiger partial charge in [-0.25, -0.2) is 18.4 Å². The van der Waals surface area contributed by atoms with Crippen LogP contribution in [0.2, 0.25) is 0 Å². The third-order valence-electron chi connectivity index (χ3n) is 11.8. The van der Waals surface area contributed by atoms with Crippen molar-refractivity contribution < 1.29 is 46.8 Å². The lowest BCUT2D eigenvalue weighted by Crippen LogP contribution is -2.29. The summed E-state index contributed by atoms with van der Waals surface area (Å²) in [5, 5.41) is 0. The van der Waals surface area contributed by atoms with E-state index in [2.05, 4.69) is 23.7 Å². The van der Waals surface area contributed by atoms with Crippen molar-refractivity contribution in [2.24, 2.45) is 0 Å². The highest BCUT2D eigenvalue weighted by Crippen LogP contribution is 2.17. The summed E-state index contributed by atoms with van der Waals surface area (Å²) in [6.07, 6.45) is 18.5. The fourth-order valence-corrected chi connectivity index (χ4v) is 7.12. The van der Waals surface area contributed by atoms with Gasteiger partial charge in [-0.15, -0.1) is 0 Å². The van der Waals surface area contributed by atoms with Crippen LogP contribution in [-0.2, 0) is 28.5 Å². The predicted molar refractivity (Wildman–Crippen MR) is 274 cm³/mol. The molecule has 0 bridgehead atoms. The van der Waals surface area contributed by atoms with Gasteiger partial charge in [0.2, 0.25) is 0 Å². The van der Waals surface area contributed by atoms with Gasteiger partial charge >= 0.3 is 11.9 Å². The molecule has 70 heavy (non-hydrogen) atoms. The standard InChI is InChI=1S/C60H74F2O8/c1-47(65-43-17-13-9-5-7-11-15-19-45-67-57-37-29-53(30-38-57)23-21-51-25-33-55(61)34-26-51)49(3)69-59(63)41-42-60(64)70-50(4)48(2)66-44-18-14-10-6-8-12-16-20-46-68-58-39-31-54(32-40-58)24-22-52-27-35-56(62)36-28-52/h25-42,47-50H,5-20,43-46H2,1-4H3/b42-41+/t47?,48?,49-,50-/m0/s1. The van der Waals surface area contributed by atoms with E-state index in [0.29, 0.717) is 26.4 Å². The van der Waals surface area contributed by atoms with E-state index >= 15 is 0 Å². The molecule has 0 aliphatic rings. The number of carbonyl (C=O) groups excluding carboxylic acids is 2. The summed E-state index contributed by atoms with van der Waals surface area (Å²) in [5.74, 6) is 12.1. The molecule has 376 valence electrons. The Morgan fingerprint density at radius 1 is 0.386 bits per heavy atom. The van der Waals surface area contributed by atoms with E-state index in [-0.39, 0.29) is 23.8 Å². The van der Waals surface area contributed by atoms with E-state index in [0.717, 1.165) is 110 Å². The Kier molecular flexibility index (Phi) is 27.8.